The molecule has 0 bridgehead atoms. The van der Waals surface area contributed by atoms with Crippen molar-refractivity contribution in [1.82, 2.24) is 4.90 Å². The second kappa shape index (κ2) is 2.16. The van der Waals surface area contributed by atoms with Gasteiger partial charge in [-0.15, -0.1) is 0 Å². The molecule has 0 spiro atoms. The highest BCUT2D eigenvalue weighted by Crippen LogP contribution is 2.29. The third-order valence-electron chi connectivity index (χ3n) is 1.57. The Labute approximate surface area is 63.6 Å². The molecule has 2 rings (SSSR count). The monoisotopic (exact) mass is 153 g/mol. The third kappa shape index (κ3) is 0.778. The van der Waals surface area contributed by atoms with Crippen LogP contribution in [0.2, 0.25) is 0 Å². The van der Waals surface area contributed by atoms with Crippen LogP contribution in [-0.2, 0) is 4.79 Å². The lowest BCUT2D eigenvalue weighted by atomic mass is 10.3. The summed E-state index contributed by atoms with van der Waals surface area (Å²) in [6, 6.07) is 0. The standard InChI is InChI=1S/C7H7NOS/c9-6-5-10-7-3-1-2-4-8(6)7/h1-3H,4-5H2. The molecule has 2 nitrogen and oxygen atoms in total. The maximum atomic E-state index is 11.0. The van der Waals surface area contributed by atoms with E-state index in [1.807, 2.05) is 23.1 Å². The molecule has 1 saturated heterocycles. The lowest BCUT2D eigenvalue weighted by Gasteiger charge is -2.16. The molecular formula is C7H7NOS. The van der Waals surface area contributed by atoms with E-state index in [2.05, 4.69) is 0 Å². The van der Waals surface area contributed by atoms with Crippen LogP contribution in [0.4, 0.5) is 0 Å². The summed E-state index contributed by atoms with van der Waals surface area (Å²) in [5.74, 6) is 0.855. The fourth-order valence-electron chi connectivity index (χ4n) is 1.06. The largest absolute Gasteiger partial charge is 0.302 e. The van der Waals surface area contributed by atoms with Crippen LogP contribution in [0.15, 0.2) is 23.3 Å². The summed E-state index contributed by atoms with van der Waals surface area (Å²) in [6.45, 7) is 0.762. The van der Waals surface area contributed by atoms with Crippen molar-refractivity contribution in [1.29, 1.82) is 0 Å². The Morgan fingerprint density at radius 3 is 3.30 bits per heavy atom. The first-order valence-corrected chi connectivity index (χ1v) is 4.16. The van der Waals surface area contributed by atoms with Gasteiger partial charge >= 0.3 is 0 Å². The van der Waals surface area contributed by atoms with Gasteiger partial charge in [0.1, 0.15) is 0 Å². The number of nitrogens with zero attached hydrogens (tertiary/aromatic N) is 1. The molecule has 0 aliphatic carbocycles. The van der Waals surface area contributed by atoms with E-state index < -0.39 is 0 Å². The highest BCUT2D eigenvalue weighted by Gasteiger charge is 2.25. The number of carbonyl (C=O) groups excluding carboxylic acids is 1. The highest BCUT2D eigenvalue weighted by molar-refractivity contribution is 8.04. The summed E-state index contributed by atoms with van der Waals surface area (Å²) in [6.07, 6.45) is 5.98. The van der Waals surface area contributed by atoms with Crippen molar-refractivity contribution >= 4 is 17.7 Å². The molecule has 10 heavy (non-hydrogen) atoms. The summed E-state index contributed by atoms with van der Waals surface area (Å²) in [5, 5.41) is 1.10. The lowest BCUT2D eigenvalue weighted by Crippen LogP contribution is -2.25. The Bertz CT molecular complexity index is 232. The van der Waals surface area contributed by atoms with Crippen molar-refractivity contribution in [3.8, 4) is 0 Å². The van der Waals surface area contributed by atoms with Gasteiger partial charge in [-0.05, 0) is 6.08 Å². The molecule has 52 valence electrons. The number of amides is 1. The van der Waals surface area contributed by atoms with E-state index in [9.17, 15) is 4.79 Å². The lowest BCUT2D eigenvalue weighted by molar-refractivity contribution is -0.125. The fraction of sp³-hybridized carbons (Fsp3) is 0.286. The van der Waals surface area contributed by atoms with E-state index in [1.165, 1.54) is 0 Å². The van der Waals surface area contributed by atoms with Gasteiger partial charge in [-0.25, -0.2) is 0 Å². The van der Waals surface area contributed by atoms with Crippen molar-refractivity contribution in [2.24, 2.45) is 0 Å². The molecule has 0 N–H and O–H groups in total. The zero-order valence-electron chi connectivity index (χ0n) is 5.41. The second-order valence-electron chi connectivity index (χ2n) is 2.23. The molecule has 3 heteroatoms. The first kappa shape index (κ1) is 6.04. The Morgan fingerprint density at radius 1 is 1.60 bits per heavy atom. The van der Waals surface area contributed by atoms with Gasteiger partial charge in [0.2, 0.25) is 5.91 Å². The van der Waals surface area contributed by atoms with Gasteiger partial charge in [-0.3, -0.25) is 4.79 Å². The molecule has 0 unspecified atom stereocenters. The van der Waals surface area contributed by atoms with E-state index in [0.29, 0.717) is 5.75 Å². The van der Waals surface area contributed by atoms with Crippen LogP contribution >= 0.6 is 11.8 Å². The van der Waals surface area contributed by atoms with Crippen LogP contribution in [0, 0.1) is 0 Å². The smallest absolute Gasteiger partial charge is 0.238 e. The first-order valence-electron chi connectivity index (χ1n) is 3.18. The average Bonchev–Trinajstić information content (AvgIpc) is 2.34. The fourth-order valence-corrected chi connectivity index (χ4v) is 2.00. The average molecular weight is 153 g/mol. The van der Waals surface area contributed by atoms with Crippen LogP contribution in [0.5, 0.6) is 0 Å². The van der Waals surface area contributed by atoms with Crippen LogP contribution in [0.25, 0.3) is 0 Å². The predicted molar refractivity (Wildman–Crippen MR) is 41.4 cm³/mol. The number of allylic oxidation sites excluding steroid dienone is 2. The van der Waals surface area contributed by atoms with Gasteiger partial charge in [0.15, 0.2) is 0 Å². The highest BCUT2D eigenvalue weighted by atomic mass is 32.2. The van der Waals surface area contributed by atoms with Crippen molar-refractivity contribution in [3.63, 3.8) is 0 Å². The second-order valence-corrected chi connectivity index (χ2v) is 3.22. The Morgan fingerprint density at radius 2 is 2.50 bits per heavy atom. The van der Waals surface area contributed by atoms with E-state index in [4.69, 9.17) is 0 Å². The van der Waals surface area contributed by atoms with E-state index in [-0.39, 0.29) is 5.91 Å². The third-order valence-corrected chi connectivity index (χ3v) is 2.62. The van der Waals surface area contributed by atoms with E-state index >= 15 is 0 Å². The Kier molecular flexibility index (Phi) is 1.31. The van der Waals surface area contributed by atoms with E-state index in [1.54, 1.807) is 11.8 Å². The van der Waals surface area contributed by atoms with Gasteiger partial charge in [0.05, 0.1) is 10.8 Å². The summed E-state index contributed by atoms with van der Waals surface area (Å²) in [5.41, 5.74) is 0. The SMILES string of the molecule is O=C1CSC2=CC=CCN12. The minimum Gasteiger partial charge on any atom is -0.302 e. The van der Waals surface area contributed by atoms with Gasteiger partial charge in [-0.2, -0.15) is 0 Å². The zero-order valence-corrected chi connectivity index (χ0v) is 6.23. The number of hydrogen-bond donors (Lipinski definition) is 0. The predicted octanol–water partition coefficient (Wildman–Crippen LogP) is 0.973. The van der Waals surface area contributed by atoms with Gasteiger partial charge < -0.3 is 4.90 Å². The number of fused-ring (bicyclic) bond motifs is 1. The van der Waals surface area contributed by atoms with Crippen molar-refractivity contribution in [2.45, 2.75) is 0 Å². The number of hydrogen-bond acceptors (Lipinski definition) is 2. The summed E-state index contributed by atoms with van der Waals surface area (Å²) < 4.78 is 0. The molecule has 0 radical (unpaired) electrons. The summed E-state index contributed by atoms with van der Waals surface area (Å²) >= 11 is 1.62. The zero-order chi connectivity index (χ0) is 6.97. The summed E-state index contributed by atoms with van der Waals surface area (Å²) in [4.78, 5) is 12.8. The normalized spacial score (nSPS) is 23.0. The van der Waals surface area contributed by atoms with E-state index in [0.717, 1.165) is 11.6 Å². The van der Waals surface area contributed by atoms with Gasteiger partial charge in [-0.1, -0.05) is 23.9 Å². The minimum absolute atomic E-state index is 0.237. The van der Waals surface area contributed by atoms with Crippen molar-refractivity contribution in [2.75, 3.05) is 12.3 Å². The molecule has 1 fully saturated rings. The Balaban J connectivity index is 2.31. The van der Waals surface area contributed by atoms with Gasteiger partial charge in [0.25, 0.3) is 0 Å². The molecule has 0 aromatic carbocycles. The number of carbonyl (C=O) groups is 1. The Hall–Kier alpha value is -0.700. The van der Waals surface area contributed by atoms with Gasteiger partial charge in [0, 0.05) is 6.54 Å². The molecule has 2 heterocycles. The molecule has 0 atom stereocenters. The molecular weight excluding hydrogens is 146 g/mol. The van der Waals surface area contributed by atoms with Crippen molar-refractivity contribution in [3.05, 3.63) is 23.3 Å². The quantitative estimate of drug-likeness (QED) is 0.517. The van der Waals surface area contributed by atoms with Crippen molar-refractivity contribution < 1.29 is 4.79 Å². The molecule has 2 aliphatic heterocycles. The van der Waals surface area contributed by atoms with Crippen LogP contribution in [0.1, 0.15) is 0 Å². The maximum Gasteiger partial charge on any atom is 0.238 e. The van der Waals surface area contributed by atoms with Crippen LogP contribution in [-0.4, -0.2) is 23.1 Å². The molecule has 0 aromatic rings. The van der Waals surface area contributed by atoms with Crippen LogP contribution in [0.3, 0.4) is 0 Å². The molecule has 1 amide bonds. The first-order chi connectivity index (χ1) is 4.88. The minimum atomic E-state index is 0.237. The summed E-state index contributed by atoms with van der Waals surface area (Å²) in [7, 11) is 0. The van der Waals surface area contributed by atoms with Crippen LogP contribution < -0.4 is 0 Å². The molecule has 0 saturated carbocycles. The number of thioether (sulfide) groups is 1. The molecule has 0 aromatic heterocycles. The maximum absolute atomic E-state index is 11.0. The molecule has 2 aliphatic rings. The topological polar surface area (TPSA) is 20.3 Å². The number of rotatable bonds is 0.